The Balaban J connectivity index is 2.06. The molecule has 0 atom stereocenters. The summed E-state index contributed by atoms with van der Waals surface area (Å²) in [5.41, 5.74) is 2.19. The van der Waals surface area contributed by atoms with Crippen molar-refractivity contribution in [2.45, 2.75) is 6.61 Å². The highest BCUT2D eigenvalue weighted by Gasteiger charge is 2.05. The number of azo groups is 1. The van der Waals surface area contributed by atoms with Crippen LogP contribution in [0.3, 0.4) is 0 Å². The molecule has 0 fully saturated rings. The lowest BCUT2D eigenvalue weighted by Crippen LogP contribution is -1.85. The van der Waals surface area contributed by atoms with E-state index in [4.69, 9.17) is 4.74 Å². The van der Waals surface area contributed by atoms with Crippen LogP contribution in [0.4, 0.5) is 11.4 Å². The van der Waals surface area contributed by atoms with E-state index in [1.165, 1.54) is 0 Å². The summed E-state index contributed by atoms with van der Waals surface area (Å²) in [5.74, 6) is 0.810. The van der Waals surface area contributed by atoms with Gasteiger partial charge in [-0.05, 0) is 18.2 Å². The second kappa shape index (κ2) is 6.37. The zero-order chi connectivity index (χ0) is 15.4. The molecule has 3 rings (SSSR count). The Kier molecular flexibility index (Phi) is 4.12. The molecule has 110 valence electrons. The van der Waals surface area contributed by atoms with Crippen LogP contribution in [-0.2, 0) is 6.61 Å². The number of aliphatic hydroxyl groups is 1. The molecule has 0 saturated carbocycles. The van der Waals surface area contributed by atoms with E-state index in [0.29, 0.717) is 5.69 Å². The van der Waals surface area contributed by atoms with E-state index in [1.54, 1.807) is 7.11 Å². The molecule has 3 aromatic rings. The minimum absolute atomic E-state index is 0.0570. The fourth-order valence-electron chi connectivity index (χ4n) is 2.37. The Morgan fingerprint density at radius 1 is 0.818 bits per heavy atom. The largest absolute Gasteiger partial charge is 0.496 e. The maximum Gasteiger partial charge on any atom is 0.126 e. The summed E-state index contributed by atoms with van der Waals surface area (Å²) in [6.45, 7) is -0.0570. The quantitative estimate of drug-likeness (QED) is 0.705. The molecule has 0 bridgehead atoms. The molecule has 0 amide bonds. The maximum atomic E-state index is 9.34. The standard InChI is InChI=1S/C18H16N2O2/c1-22-18-11-10-17(14-7-3-4-8-15(14)18)20-19-16-9-5-2-6-13(16)12-21/h2-11,21H,12H2,1H3. The third-order valence-electron chi connectivity index (χ3n) is 3.51. The lowest BCUT2D eigenvalue weighted by molar-refractivity contribution is 0.282. The van der Waals surface area contributed by atoms with Gasteiger partial charge in [-0.3, -0.25) is 0 Å². The summed E-state index contributed by atoms with van der Waals surface area (Å²) < 4.78 is 5.38. The highest BCUT2D eigenvalue weighted by molar-refractivity contribution is 5.96. The van der Waals surface area contributed by atoms with E-state index in [1.807, 2.05) is 60.7 Å². The van der Waals surface area contributed by atoms with Crippen LogP contribution in [0.25, 0.3) is 10.8 Å². The molecule has 0 unspecified atom stereocenters. The number of fused-ring (bicyclic) bond motifs is 1. The van der Waals surface area contributed by atoms with Gasteiger partial charge in [-0.25, -0.2) is 0 Å². The van der Waals surface area contributed by atoms with E-state index >= 15 is 0 Å². The van der Waals surface area contributed by atoms with Gasteiger partial charge in [-0.1, -0.05) is 42.5 Å². The van der Waals surface area contributed by atoms with Crippen LogP contribution >= 0.6 is 0 Å². The predicted molar refractivity (Wildman–Crippen MR) is 87.0 cm³/mol. The predicted octanol–water partition coefficient (Wildman–Crippen LogP) is 4.76. The molecule has 3 aromatic carbocycles. The van der Waals surface area contributed by atoms with Crippen molar-refractivity contribution in [3.05, 3.63) is 66.2 Å². The van der Waals surface area contributed by atoms with Gasteiger partial charge in [-0.15, -0.1) is 5.11 Å². The van der Waals surface area contributed by atoms with Crippen LogP contribution in [-0.4, -0.2) is 12.2 Å². The van der Waals surface area contributed by atoms with Crippen LogP contribution in [0.1, 0.15) is 5.56 Å². The lowest BCUT2D eigenvalue weighted by atomic mass is 10.1. The van der Waals surface area contributed by atoms with Gasteiger partial charge in [0.2, 0.25) is 0 Å². The van der Waals surface area contributed by atoms with Crippen molar-refractivity contribution < 1.29 is 9.84 Å². The van der Waals surface area contributed by atoms with Crippen molar-refractivity contribution in [2.24, 2.45) is 10.2 Å². The maximum absolute atomic E-state index is 9.34. The van der Waals surface area contributed by atoms with Gasteiger partial charge in [0, 0.05) is 16.3 Å². The number of hydrogen-bond donors (Lipinski definition) is 1. The number of aliphatic hydroxyl groups excluding tert-OH is 1. The SMILES string of the molecule is COc1ccc(N=Nc2ccccc2CO)c2ccccc12. The molecule has 0 saturated heterocycles. The van der Waals surface area contributed by atoms with E-state index in [2.05, 4.69) is 10.2 Å². The van der Waals surface area contributed by atoms with Crippen LogP contribution in [0.2, 0.25) is 0 Å². The molecule has 0 aliphatic heterocycles. The van der Waals surface area contributed by atoms with Gasteiger partial charge < -0.3 is 9.84 Å². The lowest BCUT2D eigenvalue weighted by Gasteiger charge is -2.07. The molecule has 0 aliphatic rings. The highest BCUT2D eigenvalue weighted by atomic mass is 16.5. The molecular weight excluding hydrogens is 276 g/mol. The van der Waals surface area contributed by atoms with Crippen molar-refractivity contribution in [2.75, 3.05) is 7.11 Å². The fourth-order valence-corrected chi connectivity index (χ4v) is 2.37. The van der Waals surface area contributed by atoms with Crippen LogP contribution < -0.4 is 4.74 Å². The summed E-state index contributed by atoms with van der Waals surface area (Å²) in [6, 6.07) is 19.1. The summed E-state index contributed by atoms with van der Waals surface area (Å²) in [5, 5.41) is 19.9. The first-order valence-corrected chi connectivity index (χ1v) is 6.99. The average molecular weight is 292 g/mol. The zero-order valence-electron chi connectivity index (χ0n) is 12.2. The Morgan fingerprint density at radius 3 is 2.27 bits per heavy atom. The summed E-state index contributed by atoms with van der Waals surface area (Å²) in [6.07, 6.45) is 0. The smallest absolute Gasteiger partial charge is 0.126 e. The van der Waals surface area contributed by atoms with Gasteiger partial charge in [0.1, 0.15) is 5.75 Å². The van der Waals surface area contributed by atoms with Gasteiger partial charge in [0.05, 0.1) is 25.1 Å². The summed E-state index contributed by atoms with van der Waals surface area (Å²) >= 11 is 0. The number of methoxy groups -OCH3 is 1. The van der Waals surface area contributed by atoms with Gasteiger partial charge in [-0.2, -0.15) is 5.11 Å². The molecule has 0 radical (unpaired) electrons. The third kappa shape index (κ3) is 2.69. The van der Waals surface area contributed by atoms with Gasteiger partial charge >= 0.3 is 0 Å². The van der Waals surface area contributed by atoms with Crippen molar-refractivity contribution in [3.8, 4) is 5.75 Å². The van der Waals surface area contributed by atoms with Crippen molar-refractivity contribution in [1.82, 2.24) is 0 Å². The number of hydrogen-bond acceptors (Lipinski definition) is 4. The van der Waals surface area contributed by atoms with Crippen LogP contribution in [0.15, 0.2) is 70.9 Å². The first-order chi connectivity index (χ1) is 10.8. The Bertz CT molecular complexity index is 828. The highest BCUT2D eigenvalue weighted by Crippen LogP contribution is 2.34. The fraction of sp³-hybridized carbons (Fsp3) is 0.111. The van der Waals surface area contributed by atoms with Crippen LogP contribution in [0, 0.1) is 0 Å². The molecule has 22 heavy (non-hydrogen) atoms. The third-order valence-corrected chi connectivity index (χ3v) is 3.51. The monoisotopic (exact) mass is 292 g/mol. The normalized spacial score (nSPS) is 11.2. The minimum Gasteiger partial charge on any atom is -0.496 e. The van der Waals surface area contributed by atoms with Gasteiger partial charge in [0.25, 0.3) is 0 Å². The second-order valence-electron chi connectivity index (χ2n) is 4.82. The minimum atomic E-state index is -0.0570. The van der Waals surface area contributed by atoms with E-state index in [9.17, 15) is 5.11 Å². The molecule has 0 aliphatic carbocycles. The molecule has 0 spiro atoms. The Morgan fingerprint density at radius 2 is 1.50 bits per heavy atom. The van der Waals surface area contributed by atoms with E-state index in [0.717, 1.165) is 27.8 Å². The van der Waals surface area contributed by atoms with Crippen molar-refractivity contribution in [1.29, 1.82) is 0 Å². The Hall–Kier alpha value is -2.72. The summed E-state index contributed by atoms with van der Waals surface area (Å²) in [4.78, 5) is 0. The van der Waals surface area contributed by atoms with Crippen molar-refractivity contribution >= 4 is 22.1 Å². The first kappa shape index (κ1) is 14.2. The molecule has 0 aromatic heterocycles. The van der Waals surface area contributed by atoms with Gasteiger partial charge in [0.15, 0.2) is 0 Å². The number of rotatable bonds is 4. The van der Waals surface area contributed by atoms with E-state index < -0.39 is 0 Å². The molecular formula is C18H16N2O2. The number of ether oxygens (including phenoxy) is 1. The second-order valence-corrected chi connectivity index (χ2v) is 4.82. The number of benzene rings is 3. The first-order valence-electron chi connectivity index (χ1n) is 6.99. The average Bonchev–Trinajstić information content (AvgIpc) is 2.59. The number of nitrogens with zero attached hydrogens (tertiary/aromatic N) is 2. The Labute approximate surface area is 128 Å². The molecule has 1 N–H and O–H groups in total. The molecule has 0 heterocycles. The molecule has 4 heteroatoms. The topological polar surface area (TPSA) is 54.2 Å². The summed E-state index contributed by atoms with van der Waals surface area (Å²) in [7, 11) is 1.65. The van der Waals surface area contributed by atoms with E-state index in [-0.39, 0.29) is 6.61 Å². The molecule has 4 nitrogen and oxygen atoms in total. The van der Waals surface area contributed by atoms with Crippen LogP contribution in [0.5, 0.6) is 5.75 Å². The van der Waals surface area contributed by atoms with Crippen molar-refractivity contribution in [3.63, 3.8) is 0 Å². The zero-order valence-corrected chi connectivity index (χ0v) is 12.2.